The molecular formula is C26H20BrN3O4S. The van der Waals surface area contributed by atoms with Crippen LogP contribution in [0.1, 0.15) is 22.6 Å². The highest BCUT2D eigenvalue weighted by atomic mass is 79.9. The van der Waals surface area contributed by atoms with E-state index >= 15 is 0 Å². The number of rotatable bonds is 4. The van der Waals surface area contributed by atoms with Crippen molar-refractivity contribution in [1.29, 1.82) is 5.26 Å². The molecule has 2 aliphatic rings. The molecule has 1 unspecified atom stereocenters. The van der Waals surface area contributed by atoms with Crippen molar-refractivity contribution in [2.24, 2.45) is 5.73 Å². The van der Waals surface area contributed by atoms with Gasteiger partial charge in [-0.05, 0) is 47.5 Å². The van der Waals surface area contributed by atoms with Crippen LogP contribution in [-0.2, 0) is 21.3 Å². The number of hydrogen-bond acceptors (Lipinski definition) is 6. The molecule has 0 radical (unpaired) electrons. The molecule has 3 aromatic carbocycles. The minimum atomic E-state index is -4.13. The van der Waals surface area contributed by atoms with Gasteiger partial charge in [-0.3, -0.25) is 4.31 Å². The number of fused-ring (bicyclic) bond motifs is 2. The third kappa shape index (κ3) is 3.85. The third-order valence-electron chi connectivity index (χ3n) is 6.02. The smallest absolute Gasteiger partial charge is 0.265 e. The van der Waals surface area contributed by atoms with Gasteiger partial charge in [-0.25, -0.2) is 8.42 Å². The molecule has 2 N–H and O–H groups in total. The van der Waals surface area contributed by atoms with E-state index in [1.165, 1.54) is 4.31 Å². The van der Waals surface area contributed by atoms with Crippen LogP contribution in [-0.4, -0.2) is 15.5 Å². The van der Waals surface area contributed by atoms with Gasteiger partial charge in [0.15, 0.2) is 5.76 Å². The number of benzene rings is 3. The quantitative estimate of drug-likeness (QED) is 0.491. The van der Waals surface area contributed by atoms with E-state index in [2.05, 4.69) is 22.0 Å². The summed E-state index contributed by atoms with van der Waals surface area (Å²) in [6.07, 6.45) is 0. The van der Waals surface area contributed by atoms with Gasteiger partial charge in [-0.2, -0.15) is 5.26 Å². The monoisotopic (exact) mass is 549 g/mol. The fourth-order valence-corrected chi connectivity index (χ4v) is 6.58. The summed E-state index contributed by atoms with van der Waals surface area (Å²) in [5.74, 6) is -0.248. The molecule has 0 saturated carbocycles. The normalized spacial score (nSPS) is 18.3. The highest BCUT2D eigenvalue weighted by Crippen LogP contribution is 2.51. The molecule has 176 valence electrons. The first-order chi connectivity index (χ1) is 16.8. The van der Waals surface area contributed by atoms with Crippen molar-refractivity contribution in [1.82, 2.24) is 0 Å². The minimum Gasteiger partial charge on any atom is -0.497 e. The lowest BCUT2D eigenvalue weighted by molar-refractivity contribution is 0.357. The molecule has 5 rings (SSSR count). The summed E-state index contributed by atoms with van der Waals surface area (Å²) in [4.78, 5) is -0.00725. The van der Waals surface area contributed by atoms with Gasteiger partial charge in [0.2, 0.25) is 5.88 Å². The van der Waals surface area contributed by atoms with Crippen LogP contribution in [0, 0.1) is 11.3 Å². The Labute approximate surface area is 211 Å². The van der Waals surface area contributed by atoms with E-state index in [1.807, 2.05) is 18.2 Å². The van der Waals surface area contributed by atoms with Crippen LogP contribution in [0.25, 0.3) is 5.76 Å². The average molecular weight is 550 g/mol. The zero-order valence-corrected chi connectivity index (χ0v) is 21.0. The Hall–Kier alpha value is -3.74. The van der Waals surface area contributed by atoms with Crippen LogP contribution in [0.15, 0.2) is 93.6 Å². The maximum atomic E-state index is 14.3. The summed E-state index contributed by atoms with van der Waals surface area (Å²) < 4.78 is 41.9. The largest absolute Gasteiger partial charge is 0.497 e. The van der Waals surface area contributed by atoms with Crippen molar-refractivity contribution < 1.29 is 17.9 Å². The van der Waals surface area contributed by atoms with Crippen LogP contribution in [0.5, 0.6) is 5.75 Å². The van der Waals surface area contributed by atoms with Crippen molar-refractivity contribution >= 4 is 37.4 Å². The molecule has 0 saturated heterocycles. The molecule has 0 aromatic heterocycles. The van der Waals surface area contributed by atoms with E-state index in [1.54, 1.807) is 61.7 Å². The zero-order chi connectivity index (χ0) is 24.7. The number of halogens is 1. The Balaban J connectivity index is 1.74. The lowest BCUT2D eigenvalue weighted by atomic mass is 9.88. The fraction of sp³-hybridized carbons (Fsp3) is 0.115. The second-order valence-corrected chi connectivity index (χ2v) is 10.8. The first-order valence-electron chi connectivity index (χ1n) is 10.7. The number of sulfonamides is 1. The van der Waals surface area contributed by atoms with E-state index in [0.29, 0.717) is 22.6 Å². The molecule has 2 heterocycles. The number of hydrogen-bond donors (Lipinski definition) is 1. The first-order valence-corrected chi connectivity index (χ1v) is 12.9. The van der Waals surface area contributed by atoms with Crippen molar-refractivity contribution in [2.45, 2.75) is 12.5 Å². The number of para-hydroxylation sites is 1. The SMILES string of the molecule is COc1cccc(CN2c3ccccc3C3=C(C(c4ccc(Br)cc4)C(C#N)=C(N)O3)S2(=O)=O)c1. The van der Waals surface area contributed by atoms with Crippen molar-refractivity contribution in [3.05, 3.63) is 110 Å². The molecule has 3 aromatic rings. The molecule has 2 aliphatic heterocycles. The van der Waals surface area contributed by atoms with E-state index in [9.17, 15) is 13.7 Å². The van der Waals surface area contributed by atoms with Crippen molar-refractivity contribution in [2.75, 3.05) is 11.4 Å². The molecule has 35 heavy (non-hydrogen) atoms. The molecule has 9 heteroatoms. The minimum absolute atomic E-state index is 0.00725. The number of methoxy groups -OCH3 is 1. The summed E-state index contributed by atoms with van der Waals surface area (Å²) in [7, 11) is -2.57. The Morgan fingerprint density at radius 2 is 1.86 bits per heavy atom. The standard InChI is InChI=1S/C26H20BrN3O4S/c1-33-19-6-4-5-16(13-19)15-30-22-8-3-2-7-20(22)24-25(35(30,31)32)23(21(14-28)26(29)34-24)17-9-11-18(27)12-10-17/h2-13,23H,15,29H2,1H3. The highest BCUT2D eigenvalue weighted by molar-refractivity contribution is 9.10. The van der Waals surface area contributed by atoms with Gasteiger partial charge in [-0.15, -0.1) is 0 Å². The van der Waals surface area contributed by atoms with E-state index < -0.39 is 15.9 Å². The molecule has 7 nitrogen and oxygen atoms in total. The van der Waals surface area contributed by atoms with E-state index in [4.69, 9.17) is 15.2 Å². The van der Waals surface area contributed by atoms with Crippen LogP contribution in [0.2, 0.25) is 0 Å². The summed E-state index contributed by atoms with van der Waals surface area (Å²) in [6.45, 7) is 0.0709. The van der Waals surface area contributed by atoms with E-state index in [0.717, 1.165) is 10.0 Å². The molecule has 1 atom stereocenters. The number of anilines is 1. The highest BCUT2D eigenvalue weighted by Gasteiger charge is 2.47. The van der Waals surface area contributed by atoms with Crippen molar-refractivity contribution in [3.63, 3.8) is 0 Å². The summed E-state index contributed by atoms with van der Waals surface area (Å²) in [5, 5.41) is 9.94. The number of nitrogens with zero attached hydrogens (tertiary/aromatic N) is 2. The van der Waals surface area contributed by atoms with Crippen LogP contribution >= 0.6 is 15.9 Å². The predicted octanol–water partition coefficient (Wildman–Crippen LogP) is 4.98. The fourth-order valence-electron chi connectivity index (χ4n) is 4.40. The number of nitrogens with two attached hydrogens (primary N) is 1. The second-order valence-electron chi connectivity index (χ2n) is 8.05. The topological polar surface area (TPSA) is 106 Å². The predicted molar refractivity (Wildman–Crippen MR) is 136 cm³/mol. The Kier molecular flexibility index (Phi) is 5.79. The lowest BCUT2D eigenvalue weighted by Gasteiger charge is -2.38. The molecule has 0 spiro atoms. The second kappa shape index (κ2) is 8.80. The summed E-state index contributed by atoms with van der Waals surface area (Å²) in [5.41, 5.74) is 8.63. The number of allylic oxidation sites excluding steroid dienone is 2. The maximum Gasteiger partial charge on any atom is 0.265 e. The van der Waals surface area contributed by atoms with Crippen LogP contribution in [0.3, 0.4) is 0 Å². The average Bonchev–Trinajstić information content (AvgIpc) is 2.86. The molecule has 0 aliphatic carbocycles. The number of ether oxygens (including phenoxy) is 2. The molecular weight excluding hydrogens is 530 g/mol. The summed E-state index contributed by atoms with van der Waals surface area (Å²) in [6, 6.07) is 23.6. The first kappa shape index (κ1) is 23.0. The summed E-state index contributed by atoms with van der Waals surface area (Å²) >= 11 is 3.41. The van der Waals surface area contributed by atoms with Crippen LogP contribution < -0.4 is 14.8 Å². The van der Waals surface area contributed by atoms with Gasteiger partial charge in [0.05, 0.1) is 25.3 Å². The Morgan fingerprint density at radius 1 is 1.11 bits per heavy atom. The molecule has 0 amide bonds. The van der Waals surface area contributed by atoms with Gasteiger partial charge in [0.1, 0.15) is 22.3 Å². The Morgan fingerprint density at radius 3 is 2.57 bits per heavy atom. The van der Waals surface area contributed by atoms with Gasteiger partial charge < -0.3 is 15.2 Å². The lowest BCUT2D eigenvalue weighted by Crippen LogP contribution is -2.39. The third-order valence-corrected chi connectivity index (χ3v) is 8.43. The van der Waals surface area contributed by atoms with Gasteiger partial charge >= 0.3 is 0 Å². The zero-order valence-electron chi connectivity index (χ0n) is 18.6. The van der Waals surface area contributed by atoms with Gasteiger partial charge in [0.25, 0.3) is 10.0 Å². The van der Waals surface area contributed by atoms with Gasteiger partial charge in [-0.1, -0.05) is 52.3 Å². The Bertz CT molecular complexity index is 1540. The van der Waals surface area contributed by atoms with Crippen molar-refractivity contribution in [3.8, 4) is 11.8 Å². The number of nitriles is 1. The van der Waals surface area contributed by atoms with Crippen LogP contribution in [0.4, 0.5) is 5.69 Å². The maximum absolute atomic E-state index is 14.3. The molecule has 0 fully saturated rings. The van der Waals surface area contributed by atoms with Gasteiger partial charge in [0, 0.05) is 10.0 Å². The molecule has 0 bridgehead atoms. The van der Waals surface area contributed by atoms with E-state index in [-0.39, 0.29) is 28.7 Å².